The van der Waals surface area contributed by atoms with Gasteiger partial charge in [0.25, 0.3) is 0 Å². The van der Waals surface area contributed by atoms with Gasteiger partial charge in [-0.3, -0.25) is 4.79 Å². The Morgan fingerprint density at radius 1 is 1.33 bits per heavy atom. The Kier molecular flexibility index (Phi) is 5.32. The number of carboxylic acid groups (broad SMARTS) is 1. The van der Waals surface area contributed by atoms with Gasteiger partial charge < -0.3 is 20.4 Å². The Hall–Kier alpha value is -1.88. The van der Waals surface area contributed by atoms with E-state index in [1.54, 1.807) is 19.1 Å². The normalized spacial score (nSPS) is 11.9. The molecule has 1 rings (SSSR count). The Bertz CT molecular complexity index is 414. The lowest BCUT2D eigenvalue weighted by Crippen LogP contribution is -2.36. The van der Waals surface area contributed by atoms with Gasteiger partial charge in [0, 0.05) is 6.42 Å². The van der Waals surface area contributed by atoms with Crippen LogP contribution in [0.2, 0.25) is 0 Å². The van der Waals surface area contributed by atoms with E-state index in [1.807, 2.05) is 12.1 Å². The van der Waals surface area contributed by atoms with E-state index in [0.29, 0.717) is 18.6 Å². The first-order chi connectivity index (χ1) is 8.49. The highest BCUT2D eigenvalue weighted by atomic mass is 16.5. The van der Waals surface area contributed by atoms with Crippen molar-refractivity contribution in [2.24, 2.45) is 5.73 Å². The molecule has 5 nitrogen and oxygen atoms in total. The van der Waals surface area contributed by atoms with Gasteiger partial charge in [-0.05, 0) is 31.0 Å². The molecule has 0 amide bonds. The Morgan fingerprint density at radius 2 is 1.94 bits per heavy atom. The Balaban J connectivity index is 2.45. The fraction of sp³-hybridized carbons (Fsp3) is 0.385. The number of nitrogens with two attached hydrogens (primary N) is 1. The van der Waals surface area contributed by atoms with Crippen LogP contribution in [-0.2, 0) is 16.0 Å². The third kappa shape index (κ3) is 4.97. The molecule has 0 spiro atoms. The predicted octanol–water partition coefficient (Wildman–Crippen LogP) is 0.999. The molecule has 0 heterocycles. The Morgan fingerprint density at radius 3 is 2.44 bits per heavy atom. The van der Waals surface area contributed by atoms with Crippen molar-refractivity contribution >= 4 is 11.8 Å². The molecule has 1 aromatic rings. The number of ether oxygens (including phenoxy) is 1. The molecule has 18 heavy (non-hydrogen) atoms. The monoisotopic (exact) mass is 251 g/mol. The molecule has 1 atom stereocenters. The number of rotatable bonds is 7. The second kappa shape index (κ2) is 6.76. The van der Waals surface area contributed by atoms with Crippen LogP contribution in [0.25, 0.3) is 0 Å². The number of carboxylic acids is 1. The van der Waals surface area contributed by atoms with Crippen LogP contribution in [0.15, 0.2) is 24.3 Å². The van der Waals surface area contributed by atoms with E-state index in [-0.39, 0.29) is 12.4 Å². The fourth-order valence-electron chi connectivity index (χ4n) is 1.33. The maximum Gasteiger partial charge on any atom is 0.324 e. The lowest BCUT2D eigenvalue weighted by molar-refractivity contribution is -0.139. The number of carbonyl (C=O) groups excluding carboxylic acids is 1. The summed E-state index contributed by atoms with van der Waals surface area (Å²) >= 11 is 0. The lowest BCUT2D eigenvalue weighted by atomic mass is 10.1. The first-order valence-corrected chi connectivity index (χ1v) is 5.68. The van der Waals surface area contributed by atoms with E-state index < -0.39 is 12.0 Å². The summed E-state index contributed by atoms with van der Waals surface area (Å²) in [5.74, 6) is -0.367. The van der Waals surface area contributed by atoms with Gasteiger partial charge in [0.1, 0.15) is 24.2 Å². The molecule has 0 aliphatic heterocycles. The minimum atomic E-state index is -1.09. The van der Waals surface area contributed by atoms with Gasteiger partial charge in [-0.15, -0.1) is 0 Å². The lowest BCUT2D eigenvalue weighted by Gasteiger charge is -2.09. The number of hydrogen-bond donors (Lipinski definition) is 2. The van der Waals surface area contributed by atoms with Crippen LogP contribution < -0.4 is 10.5 Å². The van der Waals surface area contributed by atoms with Crippen LogP contribution in [0.1, 0.15) is 18.9 Å². The summed E-state index contributed by atoms with van der Waals surface area (Å²) in [7, 11) is 0. The van der Waals surface area contributed by atoms with Crippen molar-refractivity contribution in [1.29, 1.82) is 0 Å². The molecule has 0 bridgehead atoms. The molecule has 1 aromatic carbocycles. The summed E-state index contributed by atoms with van der Waals surface area (Å²) in [5, 5.41) is 8.59. The SMILES string of the molecule is CC(=O)CCc1ccc(OCC(N)C(=O)O)cc1. The number of aryl methyl sites for hydroxylation is 1. The molecule has 0 aliphatic rings. The van der Waals surface area contributed by atoms with Crippen LogP contribution >= 0.6 is 0 Å². The average molecular weight is 251 g/mol. The third-order valence-electron chi connectivity index (χ3n) is 2.44. The maximum absolute atomic E-state index is 10.8. The van der Waals surface area contributed by atoms with E-state index in [2.05, 4.69) is 0 Å². The van der Waals surface area contributed by atoms with Crippen molar-refractivity contribution in [1.82, 2.24) is 0 Å². The highest BCUT2D eigenvalue weighted by Gasteiger charge is 2.11. The molecule has 0 fully saturated rings. The molecule has 0 saturated carbocycles. The van der Waals surface area contributed by atoms with Crippen molar-refractivity contribution in [2.75, 3.05) is 6.61 Å². The number of carbonyl (C=O) groups is 2. The smallest absolute Gasteiger partial charge is 0.324 e. The van der Waals surface area contributed by atoms with E-state index >= 15 is 0 Å². The van der Waals surface area contributed by atoms with Gasteiger partial charge in [0.05, 0.1) is 0 Å². The zero-order valence-electron chi connectivity index (χ0n) is 10.3. The van der Waals surface area contributed by atoms with Gasteiger partial charge in [0.15, 0.2) is 0 Å². The van der Waals surface area contributed by atoms with Crippen molar-refractivity contribution < 1.29 is 19.4 Å². The van der Waals surface area contributed by atoms with Crippen LogP contribution in [0.4, 0.5) is 0 Å². The van der Waals surface area contributed by atoms with E-state index in [0.717, 1.165) is 5.56 Å². The largest absolute Gasteiger partial charge is 0.491 e. The van der Waals surface area contributed by atoms with Crippen molar-refractivity contribution in [2.45, 2.75) is 25.8 Å². The second-order valence-corrected chi connectivity index (χ2v) is 4.10. The van der Waals surface area contributed by atoms with Crippen molar-refractivity contribution in [3.8, 4) is 5.75 Å². The minimum absolute atomic E-state index is 0.0673. The molecule has 0 aliphatic carbocycles. The standard InChI is InChI=1S/C13H17NO4/c1-9(15)2-3-10-4-6-11(7-5-10)18-8-12(14)13(16)17/h4-7,12H,2-3,8,14H2,1H3,(H,16,17). The van der Waals surface area contributed by atoms with Gasteiger partial charge >= 0.3 is 5.97 Å². The zero-order chi connectivity index (χ0) is 13.5. The third-order valence-corrected chi connectivity index (χ3v) is 2.44. The summed E-state index contributed by atoms with van der Waals surface area (Å²) < 4.78 is 5.24. The quantitative estimate of drug-likeness (QED) is 0.754. The number of Topliss-reactive ketones (excluding diaryl/α,β-unsaturated/α-hetero) is 1. The minimum Gasteiger partial charge on any atom is -0.491 e. The number of ketones is 1. The van der Waals surface area contributed by atoms with Crippen molar-refractivity contribution in [3.63, 3.8) is 0 Å². The zero-order valence-corrected chi connectivity index (χ0v) is 10.3. The number of hydrogen-bond acceptors (Lipinski definition) is 4. The number of benzene rings is 1. The summed E-state index contributed by atoms with van der Waals surface area (Å²) in [6, 6.07) is 6.16. The van der Waals surface area contributed by atoms with E-state index in [1.165, 1.54) is 0 Å². The molecular weight excluding hydrogens is 234 g/mol. The first-order valence-electron chi connectivity index (χ1n) is 5.68. The number of aliphatic carboxylic acids is 1. The van der Waals surface area contributed by atoms with Gasteiger partial charge in [0.2, 0.25) is 0 Å². The van der Waals surface area contributed by atoms with Crippen LogP contribution in [0, 0.1) is 0 Å². The predicted molar refractivity (Wildman–Crippen MR) is 66.6 cm³/mol. The molecule has 0 aromatic heterocycles. The maximum atomic E-state index is 10.8. The molecule has 98 valence electrons. The fourth-order valence-corrected chi connectivity index (χ4v) is 1.33. The topological polar surface area (TPSA) is 89.6 Å². The Labute approximate surface area is 106 Å². The van der Waals surface area contributed by atoms with Crippen LogP contribution in [0.5, 0.6) is 5.75 Å². The molecule has 0 saturated heterocycles. The molecule has 0 radical (unpaired) electrons. The highest BCUT2D eigenvalue weighted by Crippen LogP contribution is 2.13. The highest BCUT2D eigenvalue weighted by molar-refractivity contribution is 5.75. The van der Waals surface area contributed by atoms with E-state index in [4.69, 9.17) is 15.6 Å². The van der Waals surface area contributed by atoms with Crippen molar-refractivity contribution in [3.05, 3.63) is 29.8 Å². The first kappa shape index (κ1) is 14.2. The van der Waals surface area contributed by atoms with Gasteiger partial charge in [-0.25, -0.2) is 0 Å². The summed E-state index contributed by atoms with van der Waals surface area (Å²) in [4.78, 5) is 21.3. The van der Waals surface area contributed by atoms with Crippen LogP contribution in [-0.4, -0.2) is 29.5 Å². The molecule has 1 unspecified atom stereocenters. The second-order valence-electron chi connectivity index (χ2n) is 4.10. The molecule has 5 heteroatoms. The van der Waals surface area contributed by atoms with Gasteiger partial charge in [-0.2, -0.15) is 0 Å². The average Bonchev–Trinajstić information content (AvgIpc) is 2.34. The summed E-state index contributed by atoms with van der Waals surface area (Å²) in [5.41, 5.74) is 6.35. The summed E-state index contributed by atoms with van der Waals surface area (Å²) in [6.45, 7) is 1.49. The molecule has 3 N–H and O–H groups in total. The summed E-state index contributed by atoms with van der Waals surface area (Å²) in [6.07, 6.45) is 1.22. The molecular formula is C13H17NO4. The van der Waals surface area contributed by atoms with E-state index in [9.17, 15) is 9.59 Å². The van der Waals surface area contributed by atoms with Gasteiger partial charge in [-0.1, -0.05) is 12.1 Å². The van der Waals surface area contributed by atoms with Crippen LogP contribution in [0.3, 0.4) is 0 Å².